The van der Waals surface area contributed by atoms with Gasteiger partial charge in [-0.05, 0) is 36.1 Å². The zero-order valence-electron chi connectivity index (χ0n) is 9.61. The normalized spacial score (nSPS) is 10.2. The second-order valence-electron chi connectivity index (χ2n) is 3.68. The van der Waals surface area contributed by atoms with Gasteiger partial charge in [-0.2, -0.15) is 0 Å². The van der Waals surface area contributed by atoms with E-state index in [4.69, 9.17) is 11.6 Å². The summed E-state index contributed by atoms with van der Waals surface area (Å²) in [5, 5.41) is 4.09. The van der Waals surface area contributed by atoms with E-state index in [0.717, 1.165) is 17.3 Å². The van der Waals surface area contributed by atoms with E-state index in [1.54, 1.807) is 11.8 Å². The van der Waals surface area contributed by atoms with E-state index >= 15 is 0 Å². The van der Waals surface area contributed by atoms with Crippen LogP contribution in [-0.2, 0) is 6.54 Å². The zero-order chi connectivity index (χ0) is 12.1. The van der Waals surface area contributed by atoms with Crippen molar-refractivity contribution in [3.05, 3.63) is 59.1 Å². The number of anilines is 1. The predicted molar refractivity (Wildman–Crippen MR) is 77.0 cm³/mol. The number of hydrogen-bond donors (Lipinski definition) is 1. The first-order valence-corrected chi connectivity index (χ1v) is 7.01. The molecule has 0 aliphatic heterocycles. The van der Waals surface area contributed by atoms with Gasteiger partial charge in [0.05, 0.1) is 10.7 Å². The number of hydrogen-bond acceptors (Lipinski definition) is 2. The molecule has 2 aromatic rings. The predicted octanol–water partition coefficient (Wildman–Crippen LogP) is 4.67. The van der Waals surface area contributed by atoms with E-state index in [1.807, 2.05) is 24.3 Å². The number of halogens is 1. The topological polar surface area (TPSA) is 12.0 Å². The van der Waals surface area contributed by atoms with Crippen molar-refractivity contribution in [2.45, 2.75) is 11.4 Å². The van der Waals surface area contributed by atoms with Gasteiger partial charge < -0.3 is 5.32 Å². The Balaban J connectivity index is 2.00. The molecule has 0 fully saturated rings. The molecule has 2 aromatic carbocycles. The van der Waals surface area contributed by atoms with E-state index in [0.29, 0.717) is 0 Å². The molecule has 0 saturated carbocycles. The van der Waals surface area contributed by atoms with Crippen LogP contribution in [0, 0.1) is 0 Å². The first-order chi connectivity index (χ1) is 8.29. The van der Waals surface area contributed by atoms with Gasteiger partial charge in [-0.3, -0.25) is 0 Å². The third-order valence-corrected chi connectivity index (χ3v) is 3.59. The molecule has 0 aromatic heterocycles. The Hall–Kier alpha value is -1.12. The van der Waals surface area contributed by atoms with Crippen molar-refractivity contribution < 1.29 is 0 Å². The number of para-hydroxylation sites is 1. The lowest BCUT2D eigenvalue weighted by atomic mass is 10.2. The minimum Gasteiger partial charge on any atom is -0.380 e. The smallest absolute Gasteiger partial charge is 0.0637 e. The lowest BCUT2D eigenvalue weighted by molar-refractivity contribution is 1.14. The van der Waals surface area contributed by atoms with Gasteiger partial charge in [0.15, 0.2) is 0 Å². The molecule has 0 aliphatic carbocycles. The Bertz CT molecular complexity index is 482. The van der Waals surface area contributed by atoms with Crippen LogP contribution in [0.5, 0.6) is 0 Å². The molecular formula is C14H14ClNS. The van der Waals surface area contributed by atoms with E-state index in [9.17, 15) is 0 Å². The second-order valence-corrected chi connectivity index (χ2v) is 4.97. The highest BCUT2D eigenvalue weighted by atomic mass is 35.5. The van der Waals surface area contributed by atoms with Crippen LogP contribution in [0.1, 0.15) is 5.56 Å². The second kappa shape index (κ2) is 5.99. The minimum atomic E-state index is 0.758. The number of thioether (sulfide) groups is 1. The lowest BCUT2D eigenvalue weighted by Crippen LogP contribution is -1.99. The van der Waals surface area contributed by atoms with Crippen molar-refractivity contribution in [3.8, 4) is 0 Å². The van der Waals surface area contributed by atoms with Crippen LogP contribution in [0.15, 0.2) is 53.4 Å². The van der Waals surface area contributed by atoms with Crippen LogP contribution in [0.3, 0.4) is 0 Å². The molecule has 88 valence electrons. The van der Waals surface area contributed by atoms with Crippen LogP contribution in [0.2, 0.25) is 5.02 Å². The molecule has 0 atom stereocenters. The van der Waals surface area contributed by atoms with Crippen LogP contribution in [-0.4, -0.2) is 6.26 Å². The summed E-state index contributed by atoms with van der Waals surface area (Å²) in [6, 6.07) is 16.3. The molecule has 0 bridgehead atoms. The molecule has 0 saturated heterocycles. The zero-order valence-corrected chi connectivity index (χ0v) is 11.2. The summed E-state index contributed by atoms with van der Waals surface area (Å²) >= 11 is 7.83. The minimum absolute atomic E-state index is 0.758. The molecule has 17 heavy (non-hydrogen) atoms. The Morgan fingerprint density at radius 2 is 1.76 bits per heavy atom. The van der Waals surface area contributed by atoms with E-state index in [-0.39, 0.29) is 0 Å². The molecule has 3 heteroatoms. The standard InChI is InChI=1S/C14H14ClNS/c1-17-12-8-6-11(7-9-12)10-16-14-5-3-2-4-13(14)15/h2-9,16H,10H2,1H3. The SMILES string of the molecule is CSc1ccc(CNc2ccccc2Cl)cc1. The molecule has 0 heterocycles. The van der Waals surface area contributed by atoms with Gasteiger partial charge in [-0.15, -0.1) is 11.8 Å². The summed E-state index contributed by atoms with van der Waals surface area (Å²) in [5.41, 5.74) is 2.23. The lowest BCUT2D eigenvalue weighted by Gasteiger charge is -2.08. The Morgan fingerprint density at radius 3 is 2.41 bits per heavy atom. The van der Waals surface area contributed by atoms with Gasteiger partial charge in [0.2, 0.25) is 0 Å². The third kappa shape index (κ3) is 3.42. The summed E-state index contributed by atoms with van der Waals surface area (Å²) in [7, 11) is 0. The summed E-state index contributed by atoms with van der Waals surface area (Å²) < 4.78 is 0. The Kier molecular flexibility index (Phi) is 4.35. The van der Waals surface area contributed by atoms with Crippen LogP contribution >= 0.6 is 23.4 Å². The van der Waals surface area contributed by atoms with Gasteiger partial charge in [0.25, 0.3) is 0 Å². The summed E-state index contributed by atoms with van der Waals surface area (Å²) in [5.74, 6) is 0. The van der Waals surface area contributed by atoms with Crippen molar-refractivity contribution >= 4 is 29.1 Å². The van der Waals surface area contributed by atoms with E-state index in [2.05, 4.69) is 35.8 Å². The molecule has 1 N–H and O–H groups in total. The number of nitrogens with one attached hydrogen (secondary N) is 1. The summed E-state index contributed by atoms with van der Waals surface area (Å²) in [6.07, 6.45) is 2.08. The molecule has 2 rings (SSSR count). The molecule has 1 nitrogen and oxygen atoms in total. The van der Waals surface area contributed by atoms with Crippen molar-refractivity contribution in [1.29, 1.82) is 0 Å². The highest BCUT2D eigenvalue weighted by Crippen LogP contribution is 2.21. The maximum absolute atomic E-state index is 6.07. The van der Waals surface area contributed by atoms with Crippen molar-refractivity contribution in [2.75, 3.05) is 11.6 Å². The maximum atomic E-state index is 6.07. The van der Waals surface area contributed by atoms with Gasteiger partial charge in [-0.1, -0.05) is 35.9 Å². The van der Waals surface area contributed by atoms with Crippen molar-refractivity contribution in [2.24, 2.45) is 0 Å². The first-order valence-electron chi connectivity index (χ1n) is 5.41. The molecular weight excluding hydrogens is 250 g/mol. The van der Waals surface area contributed by atoms with Gasteiger partial charge >= 0.3 is 0 Å². The highest BCUT2D eigenvalue weighted by molar-refractivity contribution is 7.98. The average molecular weight is 264 g/mol. The largest absolute Gasteiger partial charge is 0.380 e. The van der Waals surface area contributed by atoms with Gasteiger partial charge in [-0.25, -0.2) is 0 Å². The van der Waals surface area contributed by atoms with E-state index < -0.39 is 0 Å². The summed E-state index contributed by atoms with van der Waals surface area (Å²) in [4.78, 5) is 1.28. The highest BCUT2D eigenvalue weighted by Gasteiger charge is 1.98. The van der Waals surface area contributed by atoms with Crippen LogP contribution in [0.4, 0.5) is 5.69 Å². The number of benzene rings is 2. The van der Waals surface area contributed by atoms with Gasteiger partial charge in [0.1, 0.15) is 0 Å². The fourth-order valence-electron chi connectivity index (χ4n) is 1.55. The Morgan fingerprint density at radius 1 is 1.06 bits per heavy atom. The Labute approximate surface area is 111 Å². The van der Waals surface area contributed by atoms with Crippen LogP contribution < -0.4 is 5.32 Å². The quantitative estimate of drug-likeness (QED) is 0.805. The first kappa shape index (κ1) is 12.3. The fourth-order valence-corrected chi connectivity index (χ4v) is 2.16. The molecule has 0 aliphatic rings. The van der Waals surface area contributed by atoms with Crippen molar-refractivity contribution in [1.82, 2.24) is 0 Å². The molecule has 0 amide bonds. The summed E-state index contributed by atoms with van der Waals surface area (Å²) in [6.45, 7) is 0.790. The van der Waals surface area contributed by atoms with Gasteiger partial charge in [0, 0.05) is 11.4 Å². The average Bonchev–Trinajstić information content (AvgIpc) is 2.38. The molecule has 0 spiro atoms. The van der Waals surface area contributed by atoms with Crippen molar-refractivity contribution in [3.63, 3.8) is 0 Å². The third-order valence-electron chi connectivity index (χ3n) is 2.52. The molecule has 0 unspecified atom stereocenters. The number of rotatable bonds is 4. The monoisotopic (exact) mass is 263 g/mol. The fraction of sp³-hybridized carbons (Fsp3) is 0.143. The van der Waals surface area contributed by atoms with E-state index in [1.165, 1.54) is 10.5 Å². The molecule has 0 radical (unpaired) electrons. The maximum Gasteiger partial charge on any atom is 0.0637 e. The van der Waals surface area contributed by atoms with Crippen LogP contribution in [0.25, 0.3) is 0 Å².